The number of nitriles is 1. The molecule has 2 nitrogen and oxygen atoms in total. The fourth-order valence-electron chi connectivity index (χ4n) is 1.23. The van der Waals surface area contributed by atoms with Gasteiger partial charge in [-0.15, -0.1) is 0 Å². The summed E-state index contributed by atoms with van der Waals surface area (Å²) in [7, 11) is 0. The number of para-hydroxylation sites is 1. The number of furan rings is 1. The molecule has 2 aromatic rings. The van der Waals surface area contributed by atoms with Crippen LogP contribution in [0.4, 0.5) is 0 Å². The highest BCUT2D eigenvalue weighted by molar-refractivity contribution is 6.48. The van der Waals surface area contributed by atoms with Crippen molar-refractivity contribution in [3.63, 3.8) is 0 Å². The van der Waals surface area contributed by atoms with Crippen LogP contribution in [0.3, 0.4) is 0 Å². The van der Waals surface area contributed by atoms with E-state index in [2.05, 4.69) is 0 Å². The maximum absolute atomic E-state index is 8.42. The Kier molecular flexibility index (Phi) is 2.26. The quantitative estimate of drug-likeness (QED) is 0.665. The lowest BCUT2D eigenvalue weighted by Gasteiger charge is -1.87. The van der Waals surface area contributed by atoms with Crippen molar-refractivity contribution in [1.29, 1.82) is 5.26 Å². The number of hydrogen-bond donors (Lipinski definition) is 0. The molecule has 0 aliphatic carbocycles. The highest BCUT2D eigenvalue weighted by Crippen LogP contribution is 2.26. The Bertz CT molecular complexity index is 500. The van der Waals surface area contributed by atoms with Gasteiger partial charge in [-0.3, -0.25) is 0 Å². The van der Waals surface area contributed by atoms with Crippen molar-refractivity contribution in [2.45, 2.75) is 0 Å². The molecule has 1 heterocycles. The number of fused-ring (bicyclic) bond motifs is 1. The monoisotopic (exact) mass is 203 g/mol. The van der Waals surface area contributed by atoms with Gasteiger partial charge >= 0.3 is 0 Å². The molecule has 68 valence electrons. The second-order valence-corrected chi connectivity index (χ2v) is 3.18. The predicted octanol–water partition coefficient (Wildman–Crippen LogP) is 3.54. The molecule has 0 radical (unpaired) electrons. The first kappa shape index (κ1) is 8.86. The van der Waals surface area contributed by atoms with Crippen molar-refractivity contribution in [3.8, 4) is 6.07 Å². The molecule has 0 fully saturated rings. The minimum atomic E-state index is 0.323. The summed E-state index contributed by atoms with van der Waals surface area (Å²) in [4.78, 5) is 0. The molecule has 0 N–H and O–H groups in total. The number of nitrogens with zero attached hydrogens (tertiary/aromatic N) is 1. The molecular weight excluding hydrogens is 198 g/mol. The topological polar surface area (TPSA) is 36.9 Å². The van der Waals surface area contributed by atoms with Gasteiger partial charge in [0, 0.05) is 11.5 Å². The van der Waals surface area contributed by atoms with Gasteiger partial charge < -0.3 is 4.42 Å². The summed E-state index contributed by atoms with van der Waals surface area (Å²) in [6.45, 7) is 0. The predicted molar refractivity (Wildman–Crippen MR) is 55.7 cm³/mol. The fraction of sp³-hybridized carbons (Fsp3) is 0. The average Bonchev–Trinajstić information content (AvgIpc) is 2.61. The molecule has 0 saturated carbocycles. The van der Waals surface area contributed by atoms with Crippen LogP contribution in [0.1, 0.15) is 5.76 Å². The number of rotatable bonds is 1. The zero-order valence-electron chi connectivity index (χ0n) is 7.20. The van der Waals surface area contributed by atoms with E-state index in [4.69, 9.17) is 21.3 Å². The van der Waals surface area contributed by atoms with E-state index in [9.17, 15) is 0 Å². The van der Waals surface area contributed by atoms with Gasteiger partial charge in [0.2, 0.25) is 0 Å². The first-order valence-corrected chi connectivity index (χ1v) is 4.43. The van der Waals surface area contributed by atoms with E-state index in [-0.39, 0.29) is 0 Å². The van der Waals surface area contributed by atoms with E-state index in [0.29, 0.717) is 10.8 Å². The molecule has 0 atom stereocenters. The minimum Gasteiger partial charge on any atom is -0.455 e. The molecule has 0 saturated heterocycles. The van der Waals surface area contributed by atoms with Gasteiger partial charge in [0.1, 0.15) is 11.3 Å². The summed E-state index contributed by atoms with van der Waals surface area (Å²) in [6.07, 6.45) is 1.25. The van der Waals surface area contributed by atoms with Gasteiger partial charge in [-0.25, -0.2) is 0 Å². The Morgan fingerprint density at radius 2 is 2.21 bits per heavy atom. The van der Waals surface area contributed by atoms with Crippen LogP contribution in [0.2, 0.25) is 0 Å². The molecule has 1 aromatic carbocycles. The maximum atomic E-state index is 8.42. The largest absolute Gasteiger partial charge is 0.455 e. The molecule has 0 spiro atoms. The first-order valence-electron chi connectivity index (χ1n) is 4.05. The zero-order chi connectivity index (χ0) is 9.97. The number of hydrogen-bond acceptors (Lipinski definition) is 2. The van der Waals surface area contributed by atoms with Crippen molar-refractivity contribution < 1.29 is 4.42 Å². The average molecular weight is 204 g/mol. The Morgan fingerprint density at radius 3 is 2.93 bits per heavy atom. The molecule has 2 rings (SSSR count). The van der Waals surface area contributed by atoms with Crippen LogP contribution in [0.15, 0.2) is 40.8 Å². The van der Waals surface area contributed by atoms with Crippen molar-refractivity contribution in [2.24, 2.45) is 0 Å². The van der Waals surface area contributed by atoms with E-state index in [1.165, 1.54) is 6.08 Å². The summed E-state index contributed by atoms with van der Waals surface area (Å²) in [5, 5.41) is 9.72. The highest BCUT2D eigenvalue weighted by atomic mass is 35.5. The molecular formula is C11H6ClNO. The van der Waals surface area contributed by atoms with Crippen molar-refractivity contribution >= 4 is 27.6 Å². The van der Waals surface area contributed by atoms with Gasteiger partial charge in [-0.1, -0.05) is 29.8 Å². The zero-order valence-corrected chi connectivity index (χ0v) is 7.95. The third-order valence-electron chi connectivity index (χ3n) is 1.85. The number of allylic oxidation sites excluding steroid dienone is 1. The maximum Gasteiger partial charge on any atom is 0.147 e. The summed E-state index contributed by atoms with van der Waals surface area (Å²) in [5.41, 5.74) is 0.770. The number of halogens is 1. The molecule has 0 aliphatic heterocycles. The van der Waals surface area contributed by atoms with Crippen molar-refractivity contribution in [2.75, 3.05) is 0 Å². The fourth-order valence-corrected chi connectivity index (χ4v) is 1.37. The molecule has 0 amide bonds. The van der Waals surface area contributed by atoms with E-state index in [1.807, 2.05) is 36.4 Å². The first-order chi connectivity index (χ1) is 6.81. The highest BCUT2D eigenvalue weighted by Gasteiger charge is 2.05. The Labute approximate surface area is 86.0 Å². The van der Waals surface area contributed by atoms with E-state index >= 15 is 0 Å². The van der Waals surface area contributed by atoms with Crippen LogP contribution < -0.4 is 0 Å². The standard InChI is InChI=1S/C11H6ClNO/c12-9(5-6-13)11-7-8-3-1-2-4-10(8)14-11/h1-5,7H. The molecule has 0 bridgehead atoms. The second-order valence-electron chi connectivity index (χ2n) is 2.77. The van der Waals surface area contributed by atoms with Crippen LogP contribution in [0.25, 0.3) is 16.0 Å². The summed E-state index contributed by atoms with van der Waals surface area (Å²) < 4.78 is 5.43. The van der Waals surface area contributed by atoms with Crippen LogP contribution in [0.5, 0.6) is 0 Å². The van der Waals surface area contributed by atoms with Crippen molar-refractivity contribution in [3.05, 3.63) is 42.2 Å². The molecule has 0 aliphatic rings. The van der Waals surface area contributed by atoms with Gasteiger partial charge in [-0.2, -0.15) is 5.26 Å². The normalized spacial score (nSPS) is 11.6. The van der Waals surface area contributed by atoms with Crippen LogP contribution in [-0.2, 0) is 0 Å². The van der Waals surface area contributed by atoms with E-state index in [0.717, 1.165) is 11.0 Å². The smallest absolute Gasteiger partial charge is 0.147 e. The van der Waals surface area contributed by atoms with E-state index in [1.54, 1.807) is 0 Å². The lowest BCUT2D eigenvalue weighted by Crippen LogP contribution is -1.67. The Morgan fingerprint density at radius 1 is 1.43 bits per heavy atom. The van der Waals surface area contributed by atoms with Gasteiger partial charge in [0.15, 0.2) is 0 Å². The number of benzene rings is 1. The molecule has 1 aromatic heterocycles. The van der Waals surface area contributed by atoms with Crippen LogP contribution >= 0.6 is 11.6 Å². The summed E-state index contributed by atoms with van der Waals surface area (Å²) in [5.74, 6) is 0.523. The third-order valence-corrected chi connectivity index (χ3v) is 2.15. The lowest BCUT2D eigenvalue weighted by atomic mass is 10.2. The van der Waals surface area contributed by atoms with Gasteiger partial charge in [-0.05, 0) is 12.1 Å². The molecule has 3 heteroatoms. The van der Waals surface area contributed by atoms with Gasteiger partial charge in [0.25, 0.3) is 0 Å². The van der Waals surface area contributed by atoms with E-state index < -0.39 is 0 Å². The Balaban J connectivity index is 2.57. The second kappa shape index (κ2) is 3.57. The third kappa shape index (κ3) is 1.50. The summed E-state index contributed by atoms with van der Waals surface area (Å²) in [6, 6.07) is 11.3. The molecule has 0 unspecified atom stereocenters. The van der Waals surface area contributed by atoms with Crippen molar-refractivity contribution in [1.82, 2.24) is 0 Å². The van der Waals surface area contributed by atoms with Crippen LogP contribution in [-0.4, -0.2) is 0 Å². The minimum absolute atomic E-state index is 0.323. The van der Waals surface area contributed by atoms with Crippen LogP contribution in [0, 0.1) is 11.3 Å². The summed E-state index contributed by atoms with van der Waals surface area (Å²) >= 11 is 5.82. The lowest BCUT2D eigenvalue weighted by molar-refractivity contribution is 0.603. The van der Waals surface area contributed by atoms with Gasteiger partial charge in [0.05, 0.1) is 11.1 Å². The molecule has 14 heavy (non-hydrogen) atoms. The SMILES string of the molecule is N#CC=C(Cl)c1cc2ccccc2o1. The Hall–Kier alpha value is -1.72.